The number of aliphatic hydroxyl groups is 1. The number of hydrogen-bond donors (Lipinski definition) is 8. The monoisotopic (exact) mass is 422 g/mol. The Bertz CT molecular complexity index is 601. The highest BCUT2D eigenvalue weighted by atomic mass is 32.1. The van der Waals surface area contributed by atoms with Gasteiger partial charge in [-0.1, -0.05) is 13.8 Å². The molecule has 160 valence electrons. The molecule has 0 aromatic carbocycles. The van der Waals surface area contributed by atoms with Gasteiger partial charge in [0.05, 0.1) is 13.0 Å². The molecule has 0 saturated carbocycles. The summed E-state index contributed by atoms with van der Waals surface area (Å²) in [5, 5.41) is 33.5. The Morgan fingerprint density at radius 3 is 1.82 bits per heavy atom. The zero-order chi connectivity index (χ0) is 22.0. The number of nitrogens with two attached hydrogens (primary N) is 1. The van der Waals surface area contributed by atoms with E-state index >= 15 is 0 Å². The lowest BCUT2D eigenvalue weighted by molar-refractivity contribution is -0.144. The fourth-order valence-corrected chi connectivity index (χ4v) is 2.24. The number of carbonyl (C=O) groups is 5. The SMILES string of the molecule is CC(C)C(NC(=O)C(CC(=O)O)NC(=O)C(CS)NC(=O)C(N)CO)C(=O)O. The number of carboxylic acid groups (broad SMARTS) is 2. The highest BCUT2D eigenvalue weighted by molar-refractivity contribution is 7.80. The van der Waals surface area contributed by atoms with Crippen molar-refractivity contribution >= 4 is 42.3 Å². The van der Waals surface area contributed by atoms with Crippen molar-refractivity contribution in [3.8, 4) is 0 Å². The Hall–Kier alpha value is -2.38. The van der Waals surface area contributed by atoms with Crippen LogP contribution in [0.25, 0.3) is 0 Å². The quantitative estimate of drug-likeness (QED) is 0.150. The van der Waals surface area contributed by atoms with Gasteiger partial charge < -0.3 is 37.0 Å². The third-order valence-electron chi connectivity index (χ3n) is 3.59. The molecule has 0 aromatic heterocycles. The first-order valence-corrected chi connectivity index (χ1v) is 8.90. The average molecular weight is 422 g/mol. The highest BCUT2D eigenvalue weighted by Gasteiger charge is 2.32. The normalized spacial score (nSPS) is 15.1. The van der Waals surface area contributed by atoms with Crippen molar-refractivity contribution in [3.05, 3.63) is 0 Å². The third kappa shape index (κ3) is 8.54. The molecule has 4 unspecified atom stereocenters. The van der Waals surface area contributed by atoms with E-state index < -0.39 is 72.8 Å². The van der Waals surface area contributed by atoms with E-state index in [-0.39, 0.29) is 5.75 Å². The van der Waals surface area contributed by atoms with E-state index in [1.54, 1.807) is 13.8 Å². The number of carboxylic acids is 2. The van der Waals surface area contributed by atoms with Gasteiger partial charge >= 0.3 is 11.9 Å². The van der Waals surface area contributed by atoms with E-state index in [1.165, 1.54) is 0 Å². The molecule has 0 heterocycles. The number of rotatable bonds is 12. The van der Waals surface area contributed by atoms with Crippen molar-refractivity contribution in [2.24, 2.45) is 11.7 Å². The van der Waals surface area contributed by atoms with Gasteiger partial charge in [0.25, 0.3) is 0 Å². The molecular weight excluding hydrogens is 396 g/mol. The molecule has 12 nitrogen and oxygen atoms in total. The van der Waals surface area contributed by atoms with Gasteiger partial charge in [-0.05, 0) is 5.92 Å². The second-order valence-corrected chi connectivity index (χ2v) is 6.63. The van der Waals surface area contributed by atoms with Crippen molar-refractivity contribution in [2.75, 3.05) is 12.4 Å². The summed E-state index contributed by atoms with van der Waals surface area (Å²) in [5.41, 5.74) is 5.33. The van der Waals surface area contributed by atoms with Crippen molar-refractivity contribution in [1.29, 1.82) is 0 Å². The van der Waals surface area contributed by atoms with Crippen LogP contribution in [0.1, 0.15) is 20.3 Å². The molecule has 28 heavy (non-hydrogen) atoms. The van der Waals surface area contributed by atoms with Gasteiger partial charge in [-0.3, -0.25) is 19.2 Å². The molecule has 0 saturated heterocycles. The van der Waals surface area contributed by atoms with Gasteiger partial charge in [-0.2, -0.15) is 12.6 Å². The number of carbonyl (C=O) groups excluding carboxylic acids is 3. The van der Waals surface area contributed by atoms with E-state index in [0.717, 1.165) is 0 Å². The fraction of sp³-hybridized carbons (Fsp3) is 0.667. The van der Waals surface area contributed by atoms with Crippen molar-refractivity contribution in [2.45, 2.75) is 44.4 Å². The minimum absolute atomic E-state index is 0.207. The van der Waals surface area contributed by atoms with Gasteiger partial charge in [-0.15, -0.1) is 0 Å². The first kappa shape index (κ1) is 25.6. The average Bonchev–Trinajstić information content (AvgIpc) is 2.61. The number of aliphatic carboxylic acids is 2. The summed E-state index contributed by atoms with van der Waals surface area (Å²) < 4.78 is 0. The Kier molecular flexibility index (Phi) is 11.1. The summed E-state index contributed by atoms with van der Waals surface area (Å²) in [6.45, 7) is 2.42. The molecule has 0 bridgehead atoms. The van der Waals surface area contributed by atoms with Gasteiger partial charge in [-0.25, -0.2) is 4.79 Å². The molecule has 0 aliphatic heterocycles. The lowest BCUT2D eigenvalue weighted by atomic mass is 10.0. The number of amides is 3. The van der Waals surface area contributed by atoms with E-state index in [9.17, 15) is 24.0 Å². The lowest BCUT2D eigenvalue weighted by Gasteiger charge is -2.24. The number of aliphatic hydroxyl groups excluding tert-OH is 1. The largest absolute Gasteiger partial charge is 0.481 e. The molecule has 0 aliphatic rings. The molecule has 4 atom stereocenters. The predicted octanol–water partition coefficient (Wildman–Crippen LogP) is -3.09. The third-order valence-corrected chi connectivity index (χ3v) is 3.96. The van der Waals surface area contributed by atoms with Gasteiger partial charge in [0.2, 0.25) is 17.7 Å². The van der Waals surface area contributed by atoms with E-state index in [1.807, 2.05) is 0 Å². The topological polar surface area (TPSA) is 208 Å². The summed E-state index contributed by atoms with van der Waals surface area (Å²) >= 11 is 3.91. The molecule has 0 fully saturated rings. The van der Waals surface area contributed by atoms with Crippen LogP contribution in [0.2, 0.25) is 0 Å². The van der Waals surface area contributed by atoms with Gasteiger partial charge in [0.15, 0.2) is 0 Å². The Balaban J connectivity index is 5.26. The maximum atomic E-state index is 12.3. The first-order chi connectivity index (χ1) is 12.9. The van der Waals surface area contributed by atoms with Crippen LogP contribution < -0.4 is 21.7 Å². The first-order valence-electron chi connectivity index (χ1n) is 8.27. The van der Waals surface area contributed by atoms with Crippen LogP contribution in [0, 0.1) is 5.92 Å². The van der Waals surface area contributed by atoms with Crippen molar-refractivity contribution in [1.82, 2.24) is 16.0 Å². The minimum Gasteiger partial charge on any atom is -0.481 e. The molecular formula is C15H26N4O8S. The predicted molar refractivity (Wildman–Crippen MR) is 99.4 cm³/mol. The second kappa shape index (κ2) is 12.2. The molecule has 0 radical (unpaired) electrons. The summed E-state index contributed by atoms with van der Waals surface area (Å²) in [4.78, 5) is 58.5. The van der Waals surface area contributed by atoms with Crippen LogP contribution in [0.15, 0.2) is 0 Å². The summed E-state index contributed by atoms with van der Waals surface area (Å²) in [5.74, 6) is -6.21. The molecule has 13 heteroatoms. The summed E-state index contributed by atoms with van der Waals surface area (Å²) in [6.07, 6.45) is -0.814. The smallest absolute Gasteiger partial charge is 0.326 e. The minimum atomic E-state index is -1.59. The van der Waals surface area contributed by atoms with Crippen molar-refractivity contribution < 1.29 is 39.3 Å². The number of nitrogens with one attached hydrogen (secondary N) is 3. The van der Waals surface area contributed by atoms with Crippen LogP contribution in [0.5, 0.6) is 0 Å². The van der Waals surface area contributed by atoms with E-state index in [4.69, 9.17) is 21.1 Å². The van der Waals surface area contributed by atoms with Gasteiger partial charge in [0.1, 0.15) is 24.2 Å². The van der Waals surface area contributed by atoms with Crippen molar-refractivity contribution in [3.63, 3.8) is 0 Å². The van der Waals surface area contributed by atoms with Crippen LogP contribution in [-0.4, -0.2) is 81.5 Å². The second-order valence-electron chi connectivity index (χ2n) is 6.26. The highest BCUT2D eigenvalue weighted by Crippen LogP contribution is 2.04. The lowest BCUT2D eigenvalue weighted by Crippen LogP contribution is -2.58. The maximum absolute atomic E-state index is 12.3. The number of thiol groups is 1. The fourth-order valence-electron chi connectivity index (χ4n) is 1.98. The Morgan fingerprint density at radius 2 is 1.43 bits per heavy atom. The van der Waals surface area contributed by atoms with E-state index in [2.05, 4.69) is 28.6 Å². The molecule has 0 rings (SSSR count). The standard InChI is InChI=1S/C15H26N4O8S/c1-6(2)11(15(26)27)19-13(24)8(3-10(21)22)17-14(25)9(5-28)18-12(23)7(16)4-20/h6-9,11,20,28H,3-5,16H2,1-2H3,(H,17,25)(H,18,23)(H,19,24)(H,21,22)(H,26,27). The van der Waals surface area contributed by atoms with Crippen LogP contribution in [-0.2, 0) is 24.0 Å². The van der Waals surface area contributed by atoms with Crippen LogP contribution >= 0.6 is 12.6 Å². The molecule has 0 aliphatic carbocycles. The Labute approximate surface area is 166 Å². The zero-order valence-electron chi connectivity index (χ0n) is 15.4. The van der Waals surface area contributed by atoms with Crippen LogP contribution in [0.3, 0.4) is 0 Å². The van der Waals surface area contributed by atoms with Gasteiger partial charge in [0, 0.05) is 5.75 Å². The molecule has 0 spiro atoms. The van der Waals surface area contributed by atoms with E-state index in [0.29, 0.717) is 0 Å². The number of hydrogen-bond acceptors (Lipinski definition) is 8. The zero-order valence-corrected chi connectivity index (χ0v) is 16.3. The molecule has 8 N–H and O–H groups in total. The summed E-state index contributed by atoms with van der Waals surface area (Å²) in [6, 6.07) is -5.42. The van der Waals surface area contributed by atoms with Crippen LogP contribution in [0.4, 0.5) is 0 Å². The molecule has 3 amide bonds. The molecule has 0 aromatic rings. The maximum Gasteiger partial charge on any atom is 0.326 e. The summed E-state index contributed by atoms with van der Waals surface area (Å²) in [7, 11) is 0. The Morgan fingerprint density at radius 1 is 0.929 bits per heavy atom.